The summed E-state index contributed by atoms with van der Waals surface area (Å²) in [7, 11) is 0. The highest BCUT2D eigenvalue weighted by Crippen LogP contribution is 2.28. The van der Waals surface area contributed by atoms with Crippen molar-refractivity contribution in [3.63, 3.8) is 0 Å². The third-order valence-corrected chi connectivity index (χ3v) is 4.93. The molecule has 1 fully saturated rings. The van der Waals surface area contributed by atoms with Crippen molar-refractivity contribution in [2.24, 2.45) is 0 Å². The number of aromatic nitrogens is 5. The fourth-order valence-corrected chi connectivity index (χ4v) is 3.51. The molecule has 0 aliphatic carbocycles. The molecule has 4 heterocycles. The molecule has 0 atom stereocenters. The first-order valence-electron chi connectivity index (χ1n) is 10.2. The topological polar surface area (TPSA) is 93.0 Å². The maximum absolute atomic E-state index is 5.54. The first-order valence-corrected chi connectivity index (χ1v) is 10.2. The second kappa shape index (κ2) is 9.15. The molecule has 2 N–H and O–H groups in total. The Morgan fingerprint density at radius 2 is 2.14 bits per heavy atom. The van der Waals surface area contributed by atoms with Gasteiger partial charge < -0.3 is 20.3 Å². The lowest BCUT2D eigenvalue weighted by Crippen LogP contribution is -2.29. The lowest BCUT2D eigenvalue weighted by atomic mass is 10.3. The molecule has 9 nitrogen and oxygen atoms in total. The molecule has 1 aliphatic rings. The molecule has 0 saturated carbocycles. The number of hydrogen-bond acceptors (Lipinski definition) is 8. The van der Waals surface area contributed by atoms with E-state index in [1.165, 1.54) is 0 Å². The van der Waals surface area contributed by atoms with Crippen LogP contribution < -0.4 is 15.5 Å². The molecule has 9 heteroatoms. The smallest absolute Gasteiger partial charge is 0.228 e. The van der Waals surface area contributed by atoms with Gasteiger partial charge in [-0.25, -0.2) is 9.97 Å². The fraction of sp³-hybridized carbons (Fsp3) is 0.500. The van der Waals surface area contributed by atoms with Gasteiger partial charge >= 0.3 is 0 Å². The van der Waals surface area contributed by atoms with Crippen molar-refractivity contribution in [3.05, 3.63) is 30.1 Å². The van der Waals surface area contributed by atoms with Crippen LogP contribution in [0.3, 0.4) is 0 Å². The standard InChI is InChI=1S/C20H28N8O/c1-3-29-14-13-28-18-17(15(2)26-28)24-20(27-11-6-8-21-10-12-27)25-19(18)23-16-7-4-5-9-22-16/h4-5,7,9,21H,3,6,8,10-14H2,1-2H3,(H,22,23,24,25). The van der Waals surface area contributed by atoms with Crippen LogP contribution in [0.2, 0.25) is 0 Å². The second-order valence-corrected chi connectivity index (χ2v) is 7.01. The molecule has 1 aliphatic heterocycles. The Balaban J connectivity index is 1.77. The Morgan fingerprint density at radius 3 is 2.97 bits per heavy atom. The number of rotatable bonds is 7. The van der Waals surface area contributed by atoms with Gasteiger partial charge in [-0.2, -0.15) is 10.1 Å². The van der Waals surface area contributed by atoms with Crippen LogP contribution in [0.15, 0.2) is 24.4 Å². The van der Waals surface area contributed by atoms with Crippen molar-refractivity contribution in [3.8, 4) is 0 Å². The van der Waals surface area contributed by atoms with Crippen molar-refractivity contribution in [2.45, 2.75) is 26.8 Å². The average molecular weight is 396 g/mol. The zero-order valence-corrected chi connectivity index (χ0v) is 17.1. The van der Waals surface area contributed by atoms with Crippen LogP contribution in [0.4, 0.5) is 17.6 Å². The van der Waals surface area contributed by atoms with Crippen LogP contribution in [-0.4, -0.2) is 64.1 Å². The van der Waals surface area contributed by atoms with Gasteiger partial charge in [0.15, 0.2) is 5.82 Å². The van der Waals surface area contributed by atoms with E-state index in [-0.39, 0.29) is 0 Å². The summed E-state index contributed by atoms with van der Waals surface area (Å²) in [6.07, 6.45) is 2.83. The number of fused-ring (bicyclic) bond motifs is 1. The van der Waals surface area contributed by atoms with Gasteiger partial charge in [-0.3, -0.25) is 4.68 Å². The number of ether oxygens (including phenoxy) is 1. The van der Waals surface area contributed by atoms with E-state index in [9.17, 15) is 0 Å². The van der Waals surface area contributed by atoms with Crippen LogP contribution >= 0.6 is 0 Å². The maximum Gasteiger partial charge on any atom is 0.228 e. The summed E-state index contributed by atoms with van der Waals surface area (Å²) in [5.74, 6) is 2.19. The molecule has 29 heavy (non-hydrogen) atoms. The summed E-state index contributed by atoms with van der Waals surface area (Å²) in [6, 6.07) is 5.77. The van der Waals surface area contributed by atoms with E-state index in [2.05, 4.69) is 20.5 Å². The van der Waals surface area contributed by atoms with Gasteiger partial charge in [0.1, 0.15) is 16.9 Å². The van der Waals surface area contributed by atoms with Crippen LogP contribution in [0, 0.1) is 6.92 Å². The molecule has 154 valence electrons. The minimum absolute atomic E-state index is 0.593. The Kier molecular flexibility index (Phi) is 6.16. The van der Waals surface area contributed by atoms with Gasteiger partial charge in [0, 0.05) is 32.4 Å². The molecule has 0 bridgehead atoms. The van der Waals surface area contributed by atoms with Crippen LogP contribution in [0.25, 0.3) is 11.0 Å². The quantitative estimate of drug-likeness (QED) is 0.587. The summed E-state index contributed by atoms with van der Waals surface area (Å²) >= 11 is 0. The molecular formula is C20H28N8O. The van der Waals surface area contributed by atoms with Crippen LogP contribution in [-0.2, 0) is 11.3 Å². The Bertz CT molecular complexity index is 935. The molecular weight excluding hydrogens is 368 g/mol. The van der Waals surface area contributed by atoms with Crippen LogP contribution in [0.1, 0.15) is 19.0 Å². The van der Waals surface area contributed by atoms with E-state index in [4.69, 9.17) is 19.8 Å². The fourth-order valence-electron chi connectivity index (χ4n) is 3.51. The lowest BCUT2D eigenvalue weighted by Gasteiger charge is -2.21. The first-order chi connectivity index (χ1) is 14.3. The normalized spacial score (nSPS) is 14.9. The molecule has 0 amide bonds. The average Bonchev–Trinajstić information content (AvgIpc) is 2.91. The zero-order chi connectivity index (χ0) is 20.1. The van der Waals surface area contributed by atoms with Gasteiger partial charge in [-0.15, -0.1) is 0 Å². The van der Waals surface area contributed by atoms with Crippen molar-refractivity contribution in [1.29, 1.82) is 0 Å². The SMILES string of the molecule is CCOCCn1nc(C)c2nc(N3CCCNCC3)nc(Nc3ccccn3)c21. The first kappa shape index (κ1) is 19.5. The summed E-state index contributed by atoms with van der Waals surface area (Å²) < 4.78 is 7.47. The Labute approximate surface area is 170 Å². The monoisotopic (exact) mass is 396 g/mol. The summed E-state index contributed by atoms with van der Waals surface area (Å²) in [5.41, 5.74) is 2.63. The van der Waals surface area contributed by atoms with E-state index in [0.29, 0.717) is 19.8 Å². The number of pyridine rings is 1. The highest BCUT2D eigenvalue weighted by Gasteiger charge is 2.20. The summed E-state index contributed by atoms with van der Waals surface area (Å²) in [6.45, 7) is 9.66. The predicted molar refractivity (Wildman–Crippen MR) is 114 cm³/mol. The molecule has 0 aromatic carbocycles. The molecule has 0 spiro atoms. The predicted octanol–water partition coefficient (Wildman–Crippen LogP) is 2.11. The van der Waals surface area contributed by atoms with Crippen molar-refractivity contribution in [1.82, 2.24) is 30.0 Å². The van der Waals surface area contributed by atoms with Crippen molar-refractivity contribution >= 4 is 28.6 Å². The number of aryl methyl sites for hydroxylation is 1. The molecule has 0 radical (unpaired) electrons. The van der Waals surface area contributed by atoms with E-state index < -0.39 is 0 Å². The molecule has 4 rings (SSSR count). The number of nitrogens with one attached hydrogen (secondary N) is 2. The summed E-state index contributed by atoms with van der Waals surface area (Å²) in [4.78, 5) is 16.4. The van der Waals surface area contributed by atoms with Crippen molar-refractivity contribution in [2.75, 3.05) is 49.6 Å². The largest absolute Gasteiger partial charge is 0.380 e. The van der Waals surface area contributed by atoms with Gasteiger partial charge in [0.25, 0.3) is 0 Å². The number of hydrogen-bond donors (Lipinski definition) is 2. The van der Waals surface area contributed by atoms with E-state index in [1.807, 2.05) is 36.7 Å². The van der Waals surface area contributed by atoms with Gasteiger partial charge in [0.05, 0.1) is 18.8 Å². The highest BCUT2D eigenvalue weighted by atomic mass is 16.5. The molecule has 1 saturated heterocycles. The minimum atomic E-state index is 0.593. The highest BCUT2D eigenvalue weighted by molar-refractivity contribution is 5.90. The number of nitrogens with zero attached hydrogens (tertiary/aromatic N) is 6. The van der Waals surface area contributed by atoms with Crippen LogP contribution in [0.5, 0.6) is 0 Å². The van der Waals surface area contributed by atoms with E-state index in [1.54, 1.807) is 6.20 Å². The lowest BCUT2D eigenvalue weighted by molar-refractivity contribution is 0.137. The maximum atomic E-state index is 5.54. The van der Waals surface area contributed by atoms with E-state index >= 15 is 0 Å². The third kappa shape index (κ3) is 4.46. The molecule has 3 aromatic rings. The molecule has 0 unspecified atom stereocenters. The van der Waals surface area contributed by atoms with Gasteiger partial charge in [0.2, 0.25) is 5.95 Å². The van der Waals surface area contributed by atoms with Gasteiger partial charge in [-0.1, -0.05) is 6.07 Å². The second-order valence-electron chi connectivity index (χ2n) is 7.01. The molecule has 3 aromatic heterocycles. The third-order valence-electron chi connectivity index (χ3n) is 4.93. The van der Waals surface area contributed by atoms with Crippen molar-refractivity contribution < 1.29 is 4.74 Å². The Morgan fingerprint density at radius 1 is 1.21 bits per heavy atom. The van der Waals surface area contributed by atoms with E-state index in [0.717, 1.165) is 66.9 Å². The Hall–Kier alpha value is -2.78. The zero-order valence-electron chi connectivity index (χ0n) is 17.1. The minimum Gasteiger partial charge on any atom is -0.380 e. The number of anilines is 3. The summed E-state index contributed by atoms with van der Waals surface area (Å²) in [5, 5.41) is 11.5. The van der Waals surface area contributed by atoms with Gasteiger partial charge in [-0.05, 0) is 38.9 Å².